The minimum Gasteiger partial charge on any atom is -0.462 e. The van der Waals surface area contributed by atoms with Gasteiger partial charge in [-0.15, -0.1) is 11.3 Å². The quantitative estimate of drug-likeness (QED) is 0.338. The second-order valence-corrected chi connectivity index (χ2v) is 9.68. The number of aromatic nitrogens is 1. The highest BCUT2D eigenvalue weighted by Crippen LogP contribution is 2.40. The number of pyridine rings is 1. The number of fused-ring (bicyclic) bond motifs is 2. The maximum absolute atomic E-state index is 13.8. The third-order valence-corrected chi connectivity index (χ3v) is 7.52. The number of anilines is 1. The predicted octanol–water partition coefficient (Wildman–Crippen LogP) is 6.50. The summed E-state index contributed by atoms with van der Waals surface area (Å²) in [5, 5.41) is 4.43. The normalized spacial score (nSPS) is 12.6. The molecule has 2 aromatic carbocycles. The van der Waals surface area contributed by atoms with E-state index in [0.29, 0.717) is 22.7 Å². The van der Waals surface area contributed by atoms with E-state index < -0.39 is 0 Å². The Hall–Kier alpha value is -3.51. The Morgan fingerprint density at radius 3 is 2.56 bits per heavy atom. The van der Waals surface area contributed by atoms with Crippen LogP contribution in [0.3, 0.4) is 0 Å². The van der Waals surface area contributed by atoms with E-state index in [4.69, 9.17) is 9.72 Å². The average molecular weight is 471 g/mol. The molecular formula is C28H26N2O3S. The Morgan fingerprint density at radius 1 is 1.03 bits per heavy atom. The second kappa shape index (κ2) is 9.03. The number of ether oxygens (including phenoxy) is 1. The molecule has 0 bridgehead atoms. The molecule has 5 nitrogen and oxygen atoms in total. The fraction of sp³-hybridized carbons (Fsp3) is 0.250. The molecule has 5 rings (SSSR count). The number of aryl methyl sites for hydroxylation is 2. The Bertz CT molecular complexity index is 1420. The summed E-state index contributed by atoms with van der Waals surface area (Å²) in [7, 11) is 0. The molecule has 0 atom stereocenters. The Labute approximate surface area is 202 Å². The highest BCUT2D eigenvalue weighted by molar-refractivity contribution is 7.17. The summed E-state index contributed by atoms with van der Waals surface area (Å²) in [5.74, 6) is -0.608. The van der Waals surface area contributed by atoms with E-state index >= 15 is 0 Å². The lowest BCUT2D eigenvalue weighted by molar-refractivity contribution is 0.0527. The van der Waals surface area contributed by atoms with E-state index in [-0.39, 0.29) is 11.9 Å². The number of rotatable bonds is 5. The van der Waals surface area contributed by atoms with E-state index in [1.165, 1.54) is 11.3 Å². The zero-order valence-corrected chi connectivity index (χ0v) is 20.3. The van der Waals surface area contributed by atoms with Crippen LogP contribution in [-0.4, -0.2) is 23.5 Å². The summed E-state index contributed by atoms with van der Waals surface area (Å²) >= 11 is 1.49. The van der Waals surface area contributed by atoms with E-state index in [2.05, 4.69) is 5.32 Å². The molecule has 1 aliphatic carbocycles. The maximum atomic E-state index is 13.8. The van der Waals surface area contributed by atoms with Crippen LogP contribution in [0, 0.1) is 13.8 Å². The standard InChI is InChI=1S/C28H26N2O3S/c1-4-33-28(32)24-20-9-7-11-22(20)34-27(24)30-26(31)23-17(3)25(18-14-12-16(2)13-15-18)29-21-10-6-5-8-19(21)23/h5-6,8,10,12-15H,4,7,9,11H2,1-3H3,(H,30,31). The molecule has 1 amide bonds. The number of esters is 1. The van der Waals surface area contributed by atoms with Gasteiger partial charge in [0.1, 0.15) is 5.00 Å². The van der Waals surface area contributed by atoms with E-state index in [9.17, 15) is 9.59 Å². The summed E-state index contributed by atoms with van der Waals surface area (Å²) in [6, 6.07) is 15.8. The molecule has 2 aromatic heterocycles. The van der Waals surface area contributed by atoms with Gasteiger partial charge in [0.2, 0.25) is 0 Å². The van der Waals surface area contributed by atoms with Gasteiger partial charge in [0.05, 0.1) is 28.9 Å². The van der Waals surface area contributed by atoms with Crippen molar-refractivity contribution in [2.45, 2.75) is 40.0 Å². The Balaban J connectivity index is 1.62. The fourth-order valence-corrected chi connectivity index (χ4v) is 5.94. The smallest absolute Gasteiger partial charge is 0.341 e. The van der Waals surface area contributed by atoms with Gasteiger partial charge in [-0.25, -0.2) is 9.78 Å². The van der Waals surface area contributed by atoms with Crippen LogP contribution in [0.15, 0.2) is 48.5 Å². The summed E-state index contributed by atoms with van der Waals surface area (Å²) in [6.45, 7) is 6.07. The first-order valence-electron chi connectivity index (χ1n) is 11.6. The maximum Gasteiger partial charge on any atom is 0.341 e. The number of amides is 1. The van der Waals surface area contributed by atoms with Crippen molar-refractivity contribution in [1.29, 1.82) is 0 Å². The number of carbonyl (C=O) groups is 2. The third-order valence-electron chi connectivity index (χ3n) is 6.32. The van der Waals surface area contributed by atoms with Crippen molar-refractivity contribution in [2.75, 3.05) is 11.9 Å². The zero-order chi connectivity index (χ0) is 23.8. The van der Waals surface area contributed by atoms with Crippen molar-refractivity contribution in [3.63, 3.8) is 0 Å². The van der Waals surface area contributed by atoms with Crippen molar-refractivity contribution in [1.82, 2.24) is 4.98 Å². The molecule has 0 aliphatic heterocycles. The van der Waals surface area contributed by atoms with Crippen LogP contribution in [0.2, 0.25) is 0 Å². The molecule has 34 heavy (non-hydrogen) atoms. The molecule has 0 saturated heterocycles. The molecule has 0 spiro atoms. The van der Waals surface area contributed by atoms with Gasteiger partial charge >= 0.3 is 5.97 Å². The highest BCUT2D eigenvalue weighted by atomic mass is 32.1. The number of hydrogen-bond acceptors (Lipinski definition) is 5. The van der Waals surface area contributed by atoms with Gasteiger partial charge in [0, 0.05) is 15.8 Å². The lowest BCUT2D eigenvalue weighted by Crippen LogP contribution is -2.17. The Kier molecular flexibility index (Phi) is 5.92. The van der Waals surface area contributed by atoms with E-state index in [1.807, 2.05) is 62.4 Å². The van der Waals surface area contributed by atoms with Crippen molar-refractivity contribution in [3.05, 3.63) is 81.2 Å². The topological polar surface area (TPSA) is 68.3 Å². The van der Waals surface area contributed by atoms with Crippen molar-refractivity contribution >= 4 is 39.1 Å². The fourth-order valence-electron chi connectivity index (χ4n) is 4.67. The molecule has 1 aliphatic rings. The van der Waals surface area contributed by atoms with Crippen LogP contribution in [-0.2, 0) is 17.6 Å². The van der Waals surface area contributed by atoms with E-state index in [1.54, 1.807) is 6.92 Å². The molecular weight excluding hydrogens is 444 g/mol. The molecule has 2 heterocycles. The molecule has 6 heteroatoms. The lowest BCUT2D eigenvalue weighted by Gasteiger charge is -2.15. The molecule has 0 radical (unpaired) electrons. The van der Waals surface area contributed by atoms with Gasteiger partial charge in [-0.3, -0.25) is 4.79 Å². The van der Waals surface area contributed by atoms with Crippen LogP contribution in [0.25, 0.3) is 22.2 Å². The first kappa shape index (κ1) is 22.3. The van der Waals surface area contributed by atoms with Crippen molar-refractivity contribution in [2.24, 2.45) is 0 Å². The first-order chi connectivity index (χ1) is 16.5. The third kappa shape index (κ3) is 3.88. The first-order valence-corrected chi connectivity index (χ1v) is 12.4. The summed E-state index contributed by atoms with van der Waals surface area (Å²) in [5.41, 5.74) is 6.59. The SMILES string of the molecule is CCOC(=O)c1c(NC(=O)c2c(C)c(-c3ccc(C)cc3)nc3ccccc23)sc2c1CCC2. The summed E-state index contributed by atoms with van der Waals surface area (Å²) in [6.07, 6.45) is 2.79. The summed E-state index contributed by atoms with van der Waals surface area (Å²) in [4.78, 5) is 32.6. The number of nitrogens with one attached hydrogen (secondary N) is 1. The van der Waals surface area contributed by atoms with Crippen LogP contribution in [0.4, 0.5) is 5.00 Å². The van der Waals surface area contributed by atoms with Gasteiger partial charge < -0.3 is 10.1 Å². The number of thiophene rings is 1. The molecule has 172 valence electrons. The largest absolute Gasteiger partial charge is 0.462 e. The number of para-hydroxylation sites is 1. The monoisotopic (exact) mass is 470 g/mol. The van der Waals surface area contributed by atoms with Gasteiger partial charge in [0.25, 0.3) is 5.91 Å². The van der Waals surface area contributed by atoms with Crippen LogP contribution < -0.4 is 5.32 Å². The number of nitrogens with zero attached hydrogens (tertiary/aromatic N) is 1. The van der Waals surface area contributed by atoms with Gasteiger partial charge in [-0.1, -0.05) is 48.0 Å². The molecule has 4 aromatic rings. The minimum absolute atomic E-state index is 0.241. The van der Waals surface area contributed by atoms with Gasteiger partial charge in [-0.05, 0) is 57.2 Å². The Morgan fingerprint density at radius 2 is 1.79 bits per heavy atom. The molecule has 0 saturated carbocycles. The second-order valence-electron chi connectivity index (χ2n) is 8.58. The average Bonchev–Trinajstić information content (AvgIpc) is 3.40. The number of carbonyl (C=O) groups excluding carboxylic acids is 2. The molecule has 1 N–H and O–H groups in total. The van der Waals surface area contributed by atoms with Crippen LogP contribution >= 0.6 is 11.3 Å². The van der Waals surface area contributed by atoms with Crippen LogP contribution in [0.5, 0.6) is 0 Å². The lowest BCUT2D eigenvalue weighted by atomic mass is 9.96. The predicted molar refractivity (Wildman–Crippen MR) is 137 cm³/mol. The minimum atomic E-state index is -0.367. The van der Waals surface area contributed by atoms with E-state index in [0.717, 1.165) is 63.0 Å². The van der Waals surface area contributed by atoms with Crippen LogP contribution in [0.1, 0.15) is 55.6 Å². The van der Waals surface area contributed by atoms with Crippen molar-refractivity contribution < 1.29 is 14.3 Å². The van der Waals surface area contributed by atoms with Crippen molar-refractivity contribution in [3.8, 4) is 11.3 Å². The molecule has 0 fully saturated rings. The zero-order valence-electron chi connectivity index (χ0n) is 19.5. The number of hydrogen-bond donors (Lipinski definition) is 1. The summed E-state index contributed by atoms with van der Waals surface area (Å²) < 4.78 is 5.33. The highest BCUT2D eigenvalue weighted by Gasteiger charge is 2.29. The number of benzene rings is 2. The molecule has 0 unspecified atom stereocenters. The van der Waals surface area contributed by atoms with Gasteiger partial charge in [0.15, 0.2) is 0 Å². The van der Waals surface area contributed by atoms with Gasteiger partial charge in [-0.2, -0.15) is 0 Å².